The van der Waals surface area contributed by atoms with E-state index in [1.54, 1.807) is 0 Å². The second-order valence-electron chi connectivity index (χ2n) is 8.07. The number of carbonyl (C=O) groups excluding carboxylic acids is 2. The van der Waals surface area contributed by atoms with Gasteiger partial charge in [-0.05, 0) is 0 Å². The zero-order valence-corrected chi connectivity index (χ0v) is 21.4. The number of ether oxygens (including phenoxy) is 1. The van der Waals surface area contributed by atoms with Crippen molar-refractivity contribution in [3.8, 4) is 0 Å². The van der Waals surface area contributed by atoms with Crippen LogP contribution in [0.4, 0.5) is 0 Å². The summed E-state index contributed by atoms with van der Waals surface area (Å²) in [6.45, 7) is 0. The number of esters is 1. The summed E-state index contributed by atoms with van der Waals surface area (Å²) in [6, 6.07) is 31.0. The third-order valence-corrected chi connectivity index (χ3v) is 16.3. The third-order valence-electron chi connectivity index (χ3n) is 5.43. The maximum atomic E-state index is 13.0. The Hall–Kier alpha value is -2.60. The number of methoxy groups -OCH3 is 1. The van der Waals surface area contributed by atoms with Gasteiger partial charge < -0.3 is 0 Å². The van der Waals surface area contributed by atoms with Crippen molar-refractivity contribution < 1.29 is 17.4 Å². The molecule has 0 unspecified atom stereocenters. The van der Waals surface area contributed by atoms with Crippen LogP contribution in [0.15, 0.2) is 91.0 Å². The monoisotopic (exact) mass is 538 g/mol. The van der Waals surface area contributed by atoms with Crippen molar-refractivity contribution in [2.75, 3.05) is 7.11 Å². The van der Waals surface area contributed by atoms with Gasteiger partial charge in [-0.15, -0.1) is 0 Å². The zero-order chi connectivity index (χ0) is 22.7. The van der Waals surface area contributed by atoms with Gasteiger partial charge in [-0.3, -0.25) is 0 Å². The number of hydrogen-bond donors (Lipinski definition) is 0. The van der Waals surface area contributed by atoms with E-state index < -0.39 is 18.8 Å². The van der Waals surface area contributed by atoms with Gasteiger partial charge >= 0.3 is 195 Å². The molecule has 0 aliphatic heterocycles. The summed E-state index contributed by atoms with van der Waals surface area (Å²) in [7, 11) is 1.36. The molecule has 0 fully saturated rings. The minimum atomic E-state index is -3.60. The van der Waals surface area contributed by atoms with E-state index in [4.69, 9.17) is 7.81 Å². The van der Waals surface area contributed by atoms with Crippen molar-refractivity contribution >= 4 is 30.7 Å². The van der Waals surface area contributed by atoms with Gasteiger partial charge in [0.05, 0.1) is 0 Å². The van der Waals surface area contributed by atoms with Crippen molar-refractivity contribution in [2.24, 2.45) is 0 Å². The Morgan fingerprint density at radius 1 is 0.625 bits per heavy atom. The fourth-order valence-electron chi connectivity index (χ4n) is 3.97. The van der Waals surface area contributed by atoms with Crippen molar-refractivity contribution in [1.29, 1.82) is 0 Å². The molecule has 0 N–H and O–H groups in total. The van der Waals surface area contributed by atoms with Crippen LogP contribution in [-0.2, 0) is 30.7 Å². The van der Waals surface area contributed by atoms with E-state index >= 15 is 0 Å². The Balaban J connectivity index is 1.89. The van der Waals surface area contributed by atoms with Crippen LogP contribution in [0, 0.1) is 0 Å². The number of carbonyl (C=O) groups is 2. The Labute approximate surface area is 195 Å². The van der Waals surface area contributed by atoms with Crippen molar-refractivity contribution in [3.63, 3.8) is 0 Å². The first-order chi connectivity index (χ1) is 15.6. The molecule has 0 amide bonds. The van der Waals surface area contributed by atoms with E-state index in [0.717, 1.165) is 13.3 Å². The Bertz CT molecular complexity index is 873. The second-order valence-corrected chi connectivity index (χ2v) is 18.4. The van der Waals surface area contributed by atoms with Crippen molar-refractivity contribution in [2.45, 2.75) is 32.6 Å². The minimum absolute atomic E-state index is 0.201. The van der Waals surface area contributed by atoms with Gasteiger partial charge in [0, 0.05) is 0 Å². The van der Waals surface area contributed by atoms with E-state index in [-0.39, 0.29) is 24.8 Å². The van der Waals surface area contributed by atoms with E-state index in [2.05, 4.69) is 36.4 Å². The van der Waals surface area contributed by atoms with Crippen LogP contribution in [0.3, 0.4) is 0 Å². The quantitative estimate of drug-likeness (QED) is 0.251. The molecule has 0 bridgehead atoms. The zero-order valence-electron chi connectivity index (χ0n) is 18.5. The molecule has 0 heterocycles. The third kappa shape index (κ3) is 7.82. The topological polar surface area (TPSA) is 52.6 Å². The molecule has 0 aromatic heterocycles. The van der Waals surface area contributed by atoms with Gasteiger partial charge in [-0.25, -0.2) is 0 Å². The molecule has 0 aliphatic carbocycles. The Kier molecular flexibility index (Phi) is 9.35. The Morgan fingerprint density at radius 3 is 1.38 bits per heavy atom. The predicted octanol–water partition coefficient (Wildman–Crippen LogP) is 5.16. The van der Waals surface area contributed by atoms with E-state index in [9.17, 15) is 9.59 Å². The number of benzene rings is 3. The first-order valence-corrected chi connectivity index (χ1v) is 18.2. The standard InChI is InChI=1S/3C7H7.C6H10O4.Sn/c3*1-7-5-3-2-4-6-7;1-10-6(9)4-2-3-5(7)8;/h3*2-6H,1H2;2-4H2,1H3,(H,7,8);/q;;;;+1/p-1. The molecule has 0 spiro atoms. The normalized spacial score (nSPS) is 11.0. The summed E-state index contributed by atoms with van der Waals surface area (Å²) in [6.07, 6.45) is 0.895. The summed E-state index contributed by atoms with van der Waals surface area (Å²) in [5.41, 5.74) is 3.62. The average molecular weight is 537 g/mol. The van der Waals surface area contributed by atoms with Crippen molar-refractivity contribution in [1.82, 2.24) is 0 Å². The van der Waals surface area contributed by atoms with Crippen LogP contribution in [0.1, 0.15) is 36.0 Å². The van der Waals surface area contributed by atoms with Gasteiger partial charge in [0.25, 0.3) is 0 Å². The Morgan fingerprint density at radius 2 is 1.00 bits per heavy atom. The predicted molar refractivity (Wildman–Crippen MR) is 128 cm³/mol. The molecular formula is C27H30O4Sn. The molecule has 0 radical (unpaired) electrons. The van der Waals surface area contributed by atoms with Crippen LogP contribution in [0.5, 0.6) is 0 Å². The molecular weight excluding hydrogens is 507 g/mol. The summed E-state index contributed by atoms with van der Waals surface area (Å²) in [5, 5.41) is 0. The molecule has 32 heavy (non-hydrogen) atoms. The average Bonchev–Trinajstić information content (AvgIpc) is 2.80. The molecule has 4 nitrogen and oxygen atoms in total. The van der Waals surface area contributed by atoms with E-state index in [0.29, 0.717) is 6.42 Å². The molecule has 0 aliphatic rings. The van der Waals surface area contributed by atoms with E-state index in [1.165, 1.54) is 23.8 Å². The van der Waals surface area contributed by atoms with Crippen LogP contribution in [0.2, 0.25) is 0 Å². The summed E-state index contributed by atoms with van der Waals surface area (Å²) < 4.78 is 13.6. The number of rotatable bonds is 11. The maximum absolute atomic E-state index is 13.0. The first kappa shape index (κ1) is 24.0. The van der Waals surface area contributed by atoms with Crippen LogP contribution < -0.4 is 0 Å². The van der Waals surface area contributed by atoms with Gasteiger partial charge in [-0.2, -0.15) is 0 Å². The summed E-state index contributed by atoms with van der Waals surface area (Å²) in [5.74, 6) is -0.502. The SMILES string of the molecule is COC(=O)CCCC(=O)[O][Sn]([CH2]c1ccccc1)([CH2]c1ccccc1)[CH2]c1ccccc1. The fraction of sp³-hybridized carbons (Fsp3) is 0.259. The van der Waals surface area contributed by atoms with Crippen LogP contribution in [0.25, 0.3) is 0 Å². The van der Waals surface area contributed by atoms with Crippen LogP contribution >= 0.6 is 0 Å². The summed E-state index contributed by atoms with van der Waals surface area (Å²) >= 11 is -3.60. The molecule has 0 saturated heterocycles. The first-order valence-electron chi connectivity index (χ1n) is 11.0. The second kappa shape index (κ2) is 12.4. The van der Waals surface area contributed by atoms with Crippen LogP contribution in [-0.4, -0.2) is 37.8 Å². The molecule has 3 aromatic rings. The molecule has 0 atom stereocenters. The molecule has 3 aromatic carbocycles. The van der Waals surface area contributed by atoms with Gasteiger partial charge in [0.1, 0.15) is 0 Å². The molecule has 0 saturated carbocycles. The van der Waals surface area contributed by atoms with Gasteiger partial charge in [0.2, 0.25) is 0 Å². The molecule has 3 rings (SSSR count). The van der Waals surface area contributed by atoms with Crippen molar-refractivity contribution in [3.05, 3.63) is 108 Å². The van der Waals surface area contributed by atoms with E-state index in [1.807, 2.05) is 54.6 Å². The van der Waals surface area contributed by atoms with Gasteiger partial charge in [0.15, 0.2) is 0 Å². The number of hydrogen-bond acceptors (Lipinski definition) is 4. The molecule has 166 valence electrons. The summed E-state index contributed by atoms with van der Waals surface area (Å²) in [4.78, 5) is 24.4. The molecule has 5 heteroatoms. The fourth-order valence-corrected chi connectivity index (χ4v) is 15.7. The van der Waals surface area contributed by atoms with Gasteiger partial charge in [-0.1, -0.05) is 0 Å².